The lowest BCUT2D eigenvalue weighted by Crippen LogP contribution is -1.92. The summed E-state index contributed by atoms with van der Waals surface area (Å²) in [4.78, 5) is 0. The molecule has 0 aliphatic heterocycles. The van der Waals surface area contributed by atoms with E-state index in [4.69, 9.17) is 5.11 Å². The number of hydrogen-bond donors (Lipinski definition) is 1. The Hall–Kier alpha value is 0.320. The lowest BCUT2D eigenvalue weighted by atomic mass is 10.2. The fraction of sp³-hybridized carbons (Fsp3) is 0.143. The SMILES string of the molecule is OCc1cc(Br)cc(F)c1I. The summed E-state index contributed by atoms with van der Waals surface area (Å²) in [6.07, 6.45) is 0. The van der Waals surface area contributed by atoms with Crippen LogP contribution in [0, 0.1) is 9.39 Å². The Kier molecular flexibility index (Phi) is 3.27. The number of benzene rings is 1. The molecule has 0 fully saturated rings. The summed E-state index contributed by atoms with van der Waals surface area (Å²) in [5.74, 6) is -0.302. The number of hydrogen-bond acceptors (Lipinski definition) is 1. The highest BCUT2D eigenvalue weighted by molar-refractivity contribution is 14.1. The maximum atomic E-state index is 12.9. The van der Waals surface area contributed by atoms with E-state index < -0.39 is 0 Å². The molecule has 0 unspecified atom stereocenters. The zero-order valence-electron chi connectivity index (χ0n) is 5.44. The smallest absolute Gasteiger partial charge is 0.138 e. The number of halogens is 3. The molecule has 60 valence electrons. The van der Waals surface area contributed by atoms with Crippen LogP contribution in [-0.2, 0) is 6.61 Å². The number of rotatable bonds is 1. The van der Waals surface area contributed by atoms with Crippen LogP contribution in [0.15, 0.2) is 16.6 Å². The van der Waals surface area contributed by atoms with E-state index in [2.05, 4.69) is 15.9 Å². The van der Waals surface area contributed by atoms with E-state index in [1.54, 1.807) is 6.07 Å². The molecule has 1 aromatic carbocycles. The van der Waals surface area contributed by atoms with Crippen LogP contribution in [0.25, 0.3) is 0 Å². The van der Waals surface area contributed by atoms with Gasteiger partial charge in [0.15, 0.2) is 0 Å². The van der Waals surface area contributed by atoms with Crippen molar-refractivity contribution < 1.29 is 9.50 Å². The van der Waals surface area contributed by atoms with Crippen molar-refractivity contribution in [2.24, 2.45) is 0 Å². The first-order chi connectivity index (χ1) is 5.15. The van der Waals surface area contributed by atoms with Crippen LogP contribution in [0.1, 0.15) is 5.56 Å². The second kappa shape index (κ2) is 3.82. The highest BCUT2D eigenvalue weighted by Crippen LogP contribution is 2.21. The Morgan fingerprint density at radius 1 is 1.55 bits per heavy atom. The van der Waals surface area contributed by atoms with Gasteiger partial charge in [0.25, 0.3) is 0 Å². The van der Waals surface area contributed by atoms with E-state index in [1.165, 1.54) is 6.07 Å². The first-order valence-electron chi connectivity index (χ1n) is 2.89. The molecule has 0 saturated heterocycles. The van der Waals surface area contributed by atoms with E-state index in [9.17, 15) is 4.39 Å². The molecule has 0 heterocycles. The second-order valence-electron chi connectivity index (χ2n) is 2.02. The Labute approximate surface area is 85.9 Å². The number of aliphatic hydroxyl groups excluding tert-OH is 1. The minimum atomic E-state index is -0.302. The molecular formula is C7H5BrFIO. The van der Waals surface area contributed by atoms with Gasteiger partial charge in [-0.1, -0.05) is 15.9 Å². The summed E-state index contributed by atoms with van der Waals surface area (Å²) < 4.78 is 14.0. The Balaban J connectivity index is 3.24. The van der Waals surface area contributed by atoms with Crippen molar-refractivity contribution in [3.05, 3.63) is 31.6 Å². The van der Waals surface area contributed by atoms with Crippen molar-refractivity contribution in [1.82, 2.24) is 0 Å². The molecule has 0 aliphatic carbocycles. The zero-order chi connectivity index (χ0) is 8.43. The lowest BCUT2D eigenvalue weighted by molar-refractivity contribution is 0.280. The van der Waals surface area contributed by atoms with Gasteiger partial charge in [-0.2, -0.15) is 0 Å². The molecule has 1 aromatic rings. The van der Waals surface area contributed by atoms with E-state index >= 15 is 0 Å². The van der Waals surface area contributed by atoms with Crippen LogP contribution in [0.5, 0.6) is 0 Å². The Morgan fingerprint density at radius 2 is 2.18 bits per heavy atom. The predicted molar refractivity (Wildman–Crippen MR) is 52.7 cm³/mol. The molecule has 0 aromatic heterocycles. The molecule has 4 heteroatoms. The van der Waals surface area contributed by atoms with Crippen molar-refractivity contribution >= 4 is 38.5 Å². The molecule has 0 saturated carbocycles. The maximum Gasteiger partial charge on any atom is 0.138 e. The van der Waals surface area contributed by atoms with E-state index in [0.29, 0.717) is 13.6 Å². The highest BCUT2D eigenvalue weighted by Gasteiger charge is 2.05. The number of aliphatic hydroxyl groups is 1. The Bertz CT molecular complexity index is 277. The summed E-state index contributed by atoms with van der Waals surface area (Å²) in [6, 6.07) is 3.08. The van der Waals surface area contributed by atoms with Crippen molar-refractivity contribution in [2.75, 3.05) is 0 Å². The van der Waals surface area contributed by atoms with Gasteiger partial charge < -0.3 is 5.11 Å². The third kappa shape index (κ3) is 2.13. The largest absolute Gasteiger partial charge is 0.392 e. The van der Waals surface area contributed by atoms with Gasteiger partial charge in [-0.15, -0.1) is 0 Å². The maximum absolute atomic E-state index is 12.9. The standard InChI is InChI=1S/C7H5BrFIO/c8-5-1-4(3-11)7(10)6(9)2-5/h1-2,11H,3H2. The van der Waals surface area contributed by atoms with Gasteiger partial charge in [0, 0.05) is 4.47 Å². The molecule has 1 N–H and O–H groups in total. The van der Waals surface area contributed by atoms with Crippen LogP contribution in [0.3, 0.4) is 0 Å². The fourth-order valence-electron chi connectivity index (χ4n) is 0.724. The van der Waals surface area contributed by atoms with Crippen LogP contribution >= 0.6 is 38.5 Å². The van der Waals surface area contributed by atoms with E-state index in [1.807, 2.05) is 22.6 Å². The first kappa shape index (κ1) is 9.41. The first-order valence-corrected chi connectivity index (χ1v) is 4.76. The van der Waals surface area contributed by atoms with Crippen molar-refractivity contribution in [3.8, 4) is 0 Å². The average Bonchev–Trinajstić information content (AvgIpc) is 1.96. The Morgan fingerprint density at radius 3 is 2.73 bits per heavy atom. The van der Waals surface area contributed by atoms with Crippen LogP contribution < -0.4 is 0 Å². The monoisotopic (exact) mass is 330 g/mol. The van der Waals surface area contributed by atoms with E-state index in [-0.39, 0.29) is 12.4 Å². The summed E-state index contributed by atoms with van der Waals surface area (Å²) in [5, 5.41) is 8.78. The van der Waals surface area contributed by atoms with E-state index in [0.717, 1.165) is 0 Å². The second-order valence-corrected chi connectivity index (χ2v) is 4.01. The highest BCUT2D eigenvalue weighted by atomic mass is 127. The fourth-order valence-corrected chi connectivity index (χ4v) is 1.68. The van der Waals surface area contributed by atoms with Gasteiger partial charge >= 0.3 is 0 Å². The van der Waals surface area contributed by atoms with Gasteiger partial charge in [0.2, 0.25) is 0 Å². The van der Waals surface area contributed by atoms with Crippen molar-refractivity contribution in [3.63, 3.8) is 0 Å². The normalized spacial score (nSPS) is 10.2. The van der Waals surface area contributed by atoms with Gasteiger partial charge in [-0.25, -0.2) is 4.39 Å². The van der Waals surface area contributed by atoms with Crippen molar-refractivity contribution in [2.45, 2.75) is 6.61 Å². The third-order valence-corrected chi connectivity index (χ3v) is 2.90. The average molecular weight is 331 g/mol. The summed E-state index contributed by atoms with van der Waals surface area (Å²) >= 11 is 5.00. The van der Waals surface area contributed by atoms with Crippen molar-refractivity contribution in [1.29, 1.82) is 0 Å². The topological polar surface area (TPSA) is 20.2 Å². The zero-order valence-corrected chi connectivity index (χ0v) is 9.19. The van der Waals surface area contributed by atoms with Crippen LogP contribution in [-0.4, -0.2) is 5.11 Å². The molecule has 0 spiro atoms. The van der Waals surface area contributed by atoms with Crippen LogP contribution in [0.2, 0.25) is 0 Å². The predicted octanol–water partition coefficient (Wildman–Crippen LogP) is 2.69. The molecule has 11 heavy (non-hydrogen) atoms. The summed E-state index contributed by atoms with van der Waals surface area (Å²) in [6.45, 7) is -0.130. The molecule has 1 rings (SSSR count). The minimum Gasteiger partial charge on any atom is -0.392 e. The van der Waals surface area contributed by atoms with Gasteiger partial charge in [0.1, 0.15) is 5.82 Å². The molecular weight excluding hydrogens is 326 g/mol. The van der Waals surface area contributed by atoms with Gasteiger partial charge in [0.05, 0.1) is 10.2 Å². The molecule has 0 atom stereocenters. The van der Waals surface area contributed by atoms with Gasteiger partial charge in [-0.3, -0.25) is 0 Å². The van der Waals surface area contributed by atoms with Crippen LogP contribution in [0.4, 0.5) is 4.39 Å². The molecule has 0 bridgehead atoms. The molecule has 0 radical (unpaired) electrons. The molecule has 0 aliphatic rings. The quantitative estimate of drug-likeness (QED) is 0.620. The molecule has 1 nitrogen and oxygen atoms in total. The third-order valence-electron chi connectivity index (χ3n) is 1.24. The summed E-state index contributed by atoms with van der Waals surface area (Å²) in [7, 11) is 0. The minimum absolute atomic E-state index is 0.130. The molecule has 0 amide bonds. The summed E-state index contributed by atoms with van der Waals surface area (Å²) in [5.41, 5.74) is 0.609. The van der Waals surface area contributed by atoms with Gasteiger partial charge in [-0.05, 0) is 40.3 Å². The lowest BCUT2D eigenvalue weighted by Gasteiger charge is -2.01.